The summed E-state index contributed by atoms with van der Waals surface area (Å²) in [4.78, 5) is 23.4. The average molecular weight is 353 g/mol. The van der Waals surface area contributed by atoms with Gasteiger partial charge < -0.3 is 19.5 Å². The molecular weight excluding hydrogens is 338 g/mol. The second-order valence-electron chi connectivity index (χ2n) is 4.36. The molecule has 1 amide bonds. The van der Waals surface area contributed by atoms with Gasteiger partial charge in [-0.2, -0.15) is 0 Å². The van der Waals surface area contributed by atoms with E-state index in [1.165, 1.54) is 18.9 Å². The molecule has 1 aliphatic rings. The number of ether oxygens (including phenoxy) is 3. The van der Waals surface area contributed by atoms with Crippen molar-refractivity contribution in [2.45, 2.75) is 6.92 Å². The van der Waals surface area contributed by atoms with Crippen LogP contribution in [0.4, 0.5) is 0 Å². The summed E-state index contributed by atoms with van der Waals surface area (Å²) < 4.78 is 15.9. The van der Waals surface area contributed by atoms with Gasteiger partial charge in [0.2, 0.25) is 0 Å². The molecule has 1 N–H and O–H groups in total. The predicted octanol–water partition coefficient (Wildman–Crippen LogP) is 2.13. The Hall–Kier alpha value is -2.06. The number of benzene rings is 1. The van der Waals surface area contributed by atoms with Crippen LogP contribution in [0.15, 0.2) is 23.1 Å². The molecule has 0 unspecified atom stereocenters. The second-order valence-corrected chi connectivity index (χ2v) is 6.08. The quantitative estimate of drug-likeness (QED) is 0.477. The van der Waals surface area contributed by atoms with E-state index in [1.54, 1.807) is 24.3 Å². The zero-order chi connectivity index (χ0) is 16.8. The first-order valence-electron chi connectivity index (χ1n) is 6.74. The van der Waals surface area contributed by atoms with Crippen LogP contribution >= 0.6 is 24.0 Å². The molecule has 1 aliphatic heterocycles. The van der Waals surface area contributed by atoms with E-state index < -0.39 is 5.97 Å². The van der Waals surface area contributed by atoms with E-state index in [0.29, 0.717) is 27.3 Å². The molecule has 0 aliphatic carbocycles. The Kier molecular flexibility index (Phi) is 6.00. The highest BCUT2D eigenvalue weighted by Gasteiger charge is 2.22. The average Bonchev–Trinajstić information content (AvgIpc) is 2.84. The summed E-state index contributed by atoms with van der Waals surface area (Å²) in [7, 11) is 1.29. The molecule has 1 aromatic rings. The van der Waals surface area contributed by atoms with Gasteiger partial charge in [-0.15, -0.1) is 0 Å². The molecule has 23 heavy (non-hydrogen) atoms. The number of esters is 1. The Bertz CT molecular complexity index is 672. The van der Waals surface area contributed by atoms with Gasteiger partial charge in [-0.25, -0.2) is 4.79 Å². The first-order chi connectivity index (χ1) is 11.0. The summed E-state index contributed by atoms with van der Waals surface area (Å²) >= 11 is 6.16. The van der Waals surface area contributed by atoms with Gasteiger partial charge in [0.15, 0.2) is 18.1 Å². The number of thiocarbonyl (C=S) groups is 1. The van der Waals surface area contributed by atoms with Gasteiger partial charge in [-0.1, -0.05) is 30.0 Å². The molecule has 0 aromatic heterocycles. The number of nitrogens with one attached hydrogen (secondary N) is 1. The lowest BCUT2D eigenvalue weighted by atomic mass is 10.2. The van der Waals surface area contributed by atoms with Gasteiger partial charge in [-0.05, 0) is 30.7 Å². The Labute approximate surface area is 143 Å². The van der Waals surface area contributed by atoms with E-state index in [4.69, 9.17) is 21.7 Å². The highest BCUT2D eigenvalue weighted by molar-refractivity contribution is 8.26. The van der Waals surface area contributed by atoms with E-state index in [0.717, 1.165) is 5.56 Å². The summed E-state index contributed by atoms with van der Waals surface area (Å²) in [6.45, 7) is 2.07. The van der Waals surface area contributed by atoms with Crippen molar-refractivity contribution in [2.75, 3.05) is 20.3 Å². The minimum Gasteiger partial charge on any atom is -0.490 e. The van der Waals surface area contributed by atoms with Gasteiger partial charge in [0.05, 0.1) is 18.6 Å². The Morgan fingerprint density at radius 2 is 2.13 bits per heavy atom. The summed E-state index contributed by atoms with van der Waals surface area (Å²) in [5.41, 5.74) is 0.765. The van der Waals surface area contributed by atoms with Gasteiger partial charge in [-0.3, -0.25) is 4.79 Å². The monoisotopic (exact) mass is 353 g/mol. The van der Waals surface area contributed by atoms with Gasteiger partial charge in [0, 0.05) is 0 Å². The molecule has 122 valence electrons. The number of carbonyl (C=O) groups is 2. The molecular formula is C15H15NO5S2. The lowest BCUT2D eigenvalue weighted by Gasteiger charge is -2.12. The molecule has 1 aromatic carbocycles. The van der Waals surface area contributed by atoms with Crippen molar-refractivity contribution >= 4 is 46.3 Å². The maximum Gasteiger partial charge on any atom is 0.343 e. The Morgan fingerprint density at radius 1 is 1.35 bits per heavy atom. The number of methoxy groups -OCH3 is 1. The van der Waals surface area contributed by atoms with Gasteiger partial charge in [0.1, 0.15) is 4.32 Å². The number of amides is 1. The van der Waals surface area contributed by atoms with Crippen molar-refractivity contribution < 1.29 is 23.8 Å². The minimum atomic E-state index is -0.480. The zero-order valence-electron chi connectivity index (χ0n) is 12.6. The SMILES string of the molecule is CCOc1cc(/C=C2\SC(=S)NC2=O)ccc1OCC(=O)OC. The summed E-state index contributed by atoms with van der Waals surface area (Å²) in [6.07, 6.45) is 1.71. The summed E-state index contributed by atoms with van der Waals surface area (Å²) in [6, 6.07) is 5.17. The third kappa shape index (κ3) is 4.70. The lowest BCUT2D eigenvalue weighted by Crippen LogP contribution is -2.17. The fraction of sp³-hybridized carbons (Fsp3) is 0.267. The van der Waals surface area contributed by atoms with Crippen LogP contribution in [0.1, 0.15) is 12.5 Å². The van der Waals surface area contributed by atoms with E-state index in [2.05, 4.69) is 10.1 Å². The Morgan fingerprint density at radius 3 is 2.74 bits per heavy atom. The fourth-order valence-corrected chi connectivity index (χ4v) is 2.81. The van der Waals surface area contributed by atoms with Crippen LogP contribution in [0.25, 0.3) is 6.08 Å². The van der Waals surface area contributed by atoms with Crippen LogP contribution < -0.4 is 14.8 Å². The van der Waals surface area contributed by atoms with E-state index in [-0.39, 0.29) is 12.5 Å². The Balaban J connectivity index is 2.21. The second kappa shape index (κ2) is 7.98. The fourth-order valence-electron chi connectivity index (χ4n) is 1.77. The van der Waals surface area contributed by atoms with Crippen molar-refractivity contribution in [3.8, 4) is 11.5 Å². The van der Waals surface area contributed by atoms with E-state index >= 15 is 0 Å². The van der Waals surface area contributed by atoms with Gasteiger partial charge >= 0.3 is 5.97 Å². The maximum absolute atomic E-state index is 11.7. The third-order valence-electron chi connectivity index (χ3n) is 2.78. The van der Waals surface area contributed by atoms with Crippen LogP contribution in [-0.2, 0) is 14.3 Å². The molecule has 0 bridgehead atoms. The standard InChI is InChI=1S/C15H15NO5S2/c1-3-20-11-6-9(7-12-14(18)16-15(22)23-12)4-5-10(11)21-8-13(17)19-2/h4-7H,3,8H2,1-2H3,(H,16,18,22)/b12-7-. The molecule has 8 heteroatoms. The minimum absolute atomic E-state index is 0.205. The van der Waals surface area contributed by atoms with Crippen LogP contribution in [-0.4, -0.2) is 36.5 Å². The van der Waals surface area contributed by atoms with Crippen molar-refractivity contribution in [3.63, 3.8) is 0 Å². The summed E-state index contributed by atoms with van der Waals surface area (Å²) in [5.74, 6) is 0.213. The number of thioether (sulfide) groups is 1. The molecule has 1 saturated heterocycles. The number of hydrogen-bond acceptors (Lipinski definition) is 7. The number of carbonyl (C=O) groups excluding carboxylic acids is 2. The van der Waals surface area contributed by atoms with Crippen LogP contribution in [0.5, 0.6) is 11.5 Å². The molecule has 1 heterocycles. The highest BCUT2D eigenvalue weighted by Crippen LogP contribution is 2.31. The number of hydrogen-bond donors (Lipinski definition) is 1. The molecule has 1 fully saturated rings. The van der Waals surface area contributed by atoms with Gasteiger partial charge in [0.25, 0.3) is 5.91 Å². The molecule has 0 atom stereocenters. The van der Waals surface area contributed by atoms with Crippen LogP contribution in [0.2, 0.25) is 0 Å². The topological polar surface area (TPSA) is 73.9 Å². The zero-order valence-corrected chi connectivity index (χ0v) is 14.2. The van der Waals surface area contributed by atoms with Crippen molar-refractivity contribution in [1.82, 2.24) is 5.32 Å². The molecule has 2 rings (SSSR count). The summed E-state index contributed by atoms with van der Waals surface area (Å²) in [5, 5.41) is 2.56. The molecule has 0 saturated carbocycles. The number of rotatable bonds is 6. The molecule has 0 radical (unpaired) electrons. The largest absolute Gasteiger partial charge is 0.490 e. The molecule has 6 nitrogen and oxygen atoms in total. The van der Waals surface area contributed by atoms with Crippen molar-refractivity contribution in [3.05, 3.63) is 28.7 Å². The van der Waals surface area contributed by atoms with E-state index in [9.17, 15) is 9.59 Å². The first-order valence-corrected chi connectivity index (χ1v) is 7.97. The normalized spacial score (nSPS) is 15.5. The first kappa shape index (κ1) is 17.3. The van der Waals surface area contributed by atoms with E-state index in [1.807, 2.05) is 6.92 Å². The molecule has 0 spiro atoms. The smallest absolute Gasteiger partial charge is 0.343 e. The van der Waals surface area contributed by atoms with Crippen molar-refractivity contribution in [2.24, 2.45) is 0 Å². The maximum atomic E-state index is 11.7. The predicted molar refractivity (Wildman–Crippen MR) is 91.4 cm³/mol. The van der Waals surface area contributed by atoms with Crippen LogP contribution in [0, 0.1) is 0 Å². The highest BCUT2D eigenvalue weighted by atomic mass is 32.2. The lowest BCUT2D eigenvalue weighted by molar-refractivity contribution is -0.142. The third-order valence-corrected chi connectivity index (χ3v) is 3.94. The van der Waals surface area contributed by atoms with Crippen molar-refractivity contribution in [1.29, 1.82) is 0 Å². The van der Waals surface area contributed by atoms with Crippen LogP contribution in [0.3, 0.4) is 0 Å².